The van der Waals surface area contributed by atoms with Crippen LogP contribution in [0.2, 0.25) is 0 Å². The Balaban J connectivity index is 2.07. The lowest BCUT2D eigenvalue weighted by molar-refractivity contribution is -0.153. The van der Waals surface area contributed by atoms with Gasteiger partial charge in [0.15, 0.2) is 0 Å². The molecule has 0 saturated heterocycles. The van der Waals surface area contributed by atoms with Gasteiger partial charge in [-0.25, -0.2) is 0 Å². The first-order chi connectivity index (χ1) is 9.06. The molecule has 1 aromatic rings. The van der Waals surface area contributed by atoms with Crippen molar-refractivity contribution in [3.8, 4) is 0 Å². The molecule has 0 bridgehead atoms. The summed E-state index contributed by atoms with van der Waals surface area (Å²) in [5, 5.41) is 0.685. The first-order valence-corrected chi connectivity index (χ1v) is 5.74. The molecule has 0 spiro atoms. The Hall–Kier alpha value is -2.21. The van der Waals surface area contributed by atoms with Crippen LogP contribution in [-0.2, 0) is 14.4 Å². The number of hydroxylamine groups is 2. The molecule has 0 saturated carbocycles. The summed E-state index contributed by atoms with van der Waals surface area (Å²) in [5.74, 6) is -2.05. The number of esters is 1. The van der Waals surface area contributed by atoms with E-state index in [1.165, 1.54) is 7.11 Å². The van der Waals surface area contributed by atoms with Gasteiger partial charge in [-0.1, -0.05) is 12.1 Å². The molecule has 19 heavy (non-hydrogen) atoms. The maximum absolute atomic E-state index is 11.9. The Kier molecular flexibility index (Phi) is 3.62. The molecule has 6 heteroatoms. The number of nitrogens with zero attached hydrogens (tertiary/aromatic N) is 1. The largest absolute Gasteiger partial charge is 0.469 e. The van der Waals surface area contributed by atoms with Gasteiger partial charge in [0.2, 0.25) is 0 Å². The van der Waals surface area contributed by atoms with Gasteiger partial charge in [0, 0.05) is 0 Å². The number of methoxy groups -OCH3 is 1. The van der Waals surface area contributed by atoms with Gasteiger partial charge in [0.25, 0.3) is 11.8 Å². The van der Waals surface area contributed by atoms with Crippen molar-refractivity contribution in [2.24, 2.45) is 5.92 Å². The van der Waals surface area contributed by atoms with Gasteiger partial charge in [-0.2, -0.15) is 0 Å². The second kappa shape index (κ2) is 5.19. The molecule has 100 valence electrons. The number of carbonyl (C=O) groups is 3. The number of ether oxygens (including phenoxy) is 1. The number of imide groups is 1. The zero-order valence-electron chi connectivity index (χ0n) is 10.6. The Bertz CT molecular complexity index is 505. The molecule has 0 N–H and O–H groups in total. The molecule has 6 nitrogen and oxygen atoms in total. The lowest BCUT2D eigenvalue weighted by Crippen LogP contribution is -2.33. The Morgan fingerprint density at radius 2 is 1.74 bits per heavy atom. The normalized spacial score (nSPS) is 15.4. The molecule has 1 aromatic carbocycles. The highest BCUT2D eigenvalue weighted by Gasteiger charge is 2.37. The fourth-order valence-electron chi connectivity index (χ4n) is 1.74. The predicted molar refractivity (Wildman–Crippen MR) is 64.1 cm³/mol. The molecule has 1 aliphatic heterocycles. The lowest BCUT2D eigenvalue weighted by Gasteiger charge is -2.15. The van der Waals surface area contributed by atoms with E-state index in [1.54, 1.807) is 31.2 Å². The number of fused-ring (bicyclic) bond motifs is 1. The molecule has 1 heterocycles. The number of benzene rings is 1. The van der Waals surface area contributed by atoms with E-state index in [0.717, 1.165) is 0 Å². The maximum atomic E-state index is 11.9. The number of amides is 2. The van der Waals surface area contributed by atoms with Crippen LogP contribution in [0.15, 0.2) is 24.3 Å². The number of hydrogen-bond donors (Lipinski definition) is 0. The van der Waals surface area contributed by atoms with E-state index < -0.39 is 23.7 Å². The van der Waals surface area contributed by atoms with Crippen LogP contribution >= 0.6 is 0 Å². The monoisotopic (exact) mass is 263 g/mol. The minimum absolute atomic E-state index is 0.0991. The summed E-state index contributed by atoms with van der Waals surface area (Å²) in [6.07, 6.45) is 0. The zero-order chi connectivity index (χ0) is 14.0. The van der Waals surface area contributed by atoms with Crippen molar-refractivity contribution < 1.29 is 24.0 Å². The van der Waals surface area contributed by atoms with E-state index in [0.29, 0.717) is 16.2 Å². The fraction of sp³-hybridized carbons (Fsp3) is 0.308. The Morgan fingerprint density at radius 3 is 2.21 bits per heavy atom. The van der Waals surface area contributed by atoms with Gasteiger partial charge in [0.05, 0.1) is 30.8 Å². The standard InChI is InChI=1S/C13H13NO5/c1-8(13(17)18-2)7-19-14-11(15)9-5-3-4-6-10(9)12(14)16/h3-6,8H,7H2,1-2H3/t8-/m0/s1. The average molecular weight is 263 g/mol. The van der Waals surface area contributed by atoms with E-state index in [4.69, 9.17) is 4.84 Å². The molecule has 2 rings (SSSR count). The molecule has 2 amide bonds. The summed E-state index contributed by atoms with van der Waals surface area (Å²) in [4.78, 5) is 40.2. The fourth-order valence-corrected chi connectivity index (χ4v) is 1.74. The molecule has 1 aliphatic rings. The minimum Gasteiger partial charge on any atom is -0.469 e. The van der Waals surface area contributed by atoms with E-state index >= 15 is 0 Å². The second-order valence-corrected chi connectivity index (χ2v) is 4.17. The van der Waals surface area contributed by atoms with E-state index in [2.05, 4.69) is 4.74 Å². The van der Waals surface area contributed by atoms with Crippen molar-refractivity contribution >= 4 is 17.8 Å². The van der Waals surface area contributed by atoms with Crippen LogP contribution < -0.4 is 0 Å². The highest BCUT2D eigenvalue weighted by Crippen LogP contribution is 2.22. The van der Waals surface area contributed by atoms with Crippen LogP contribution in [0.3, 0.4) is 0 Å². The summed E-state index contributed by atoms with van der Waals surface area (Å²) < 4.78 is 4.54. The third-order valence-electron chi connectivity index (χ3n) is 2.81. The molecule has 1 atom stereocenters. The van der Waals surface area contributed by atoms with E-state index in [-0.39, 0.29) is 6.61 Å². The summed E-state index contributed by atoms with van der Waals surface area (Å²) in [6, 6.07) is 6.46. The van der Waals surface area contributed by atoms with Crippen LogP contribution in [0.1, 0.15) is 27.6 Å². The number of hydrogen-bond acceptors (Lipinski definition) is 5. The van der Waals surface area contributed by atoms with E-state index in [1.807, 2.05) is 0 Å². The summed E-state index contributed by atoms with van der Waals surface area (Å²) in [5.41, 5.74) is 0.608. The first kappa shape index (κ1) is 13.2. The van der Waals surface area contributed by atoms with Crippen molar-refractivity contribution in [2.75, 3.05) is 13.7 Å². The minimum atomic E-state index is -0.561. The maximum Gasteiger partial charge on any atom is 0.310 e. The lowest BCUT2D eigenvalue weighted by atomic mass is 10.1. The van der Waals surface area contributed by atoms with Gasteiger partial charge in [-0.05, 0) is 19.1 Å². The molecule has 0 aromatic heterocycles. The average Bonchev–Trinajstić information content (AvgIpc) is 2.68. The molecular formula is C13H13NO5. The first-order valence-electron chi connectivity index (χ1n) is 5.74. The van der Waals surface area contributed by atoms with Crippen molar-refractivity contribution in [1.29, 1.82) is 0 Å². The molecule has 0 radical (unpaired) electrons. The van der Waals surface area contributed by atoms with Crippen LogP contribution in [-0.4, -0.2) is 36.6 Å². The van der Waals surface area contributed by atoms with Crippen LogP contribution in [0.4, 0.5) is 0 Å². The summed E-state index contributed by atoms with van der Waals surface area (Å²) in [7, 11) is 1.26. The highest BCUT2D eigenvalue weighted by atomic mass is 16.7. The van der Waals surface area contributed by atoms with Crippen molar-refractivity contribution in [3.63, 3.8) is 0 Å². The van der Waals surface area contributed by atoms with Gasteiger partial charge >= 0.3 is 5.97 Å². The quantitative estimate of drug-likeness (QED) is 0.599. The third kappa shape index (κ3) is 2.34. The van der Waals surface area contributed by atoms with E-state index in [9.17, 15) is 14.4 Å². The molecule has 0 aliphatic carbocycles. The highest BCUT2D eigenvalue weighted by molar-refractivity contribution is 6.20. The van der Waals surface area contributed by atoms with Crippen LogP contribution in [0, 0.1) is 5.92 Å². The van der Waals surface area contributed by atoms with Crippen LogP contribution in [0.5, 0.6) is 0 Å². The Morgan fingerprint density at radius 1 is 1.21 bits per heavy atom. The number of rotatable bonds is 4. The van der Waals surface area contributed by atoms with Gasteiger partial charge < -0.3 is 4.74 Å². The molecule has 0 fully saturated rings. The summed E-state index contributed by atoms with van der Waals surface area (Å²) in [6.45, 7) is 1.49. The smallest absolute Gasteiger partial charge is 0.310 e. The number of carbonyl (C=O) groups excluding carboxylic acids is 3. The summed E-state index contributed by atoms with van der Waals surface area (Å²) >= 11 is 0. The topological polar surface area (TPSA) is 72.9 Å². The van der Waals surface area contributed by atoms with Crippen molar-refractivity contribution in [1.82, 2.24) is 5.06 Å². The molecule has 0 unspecified atom stereocenters. The SMILES string of the molecule is COC(=O)[C@@H](C)CON1C(=O)c2ccccc2C1=O. The predicted octanol–water partition coefficient (Wildman–Crippen LogP) is 1.02. The van der Waals surface area contributed by atoms with Crippen LogP contribution in [0.25, 0.3) is 0 Å². The zero-order valence-corrected chi connectivity index (χ0v) is 10.6. The van der Waals surface area contributed by atoms with Gasteiger partial charge in [0.1, 0.15) is 0 Å². The van der Waals surface area contributed by atoms with Crippen molar-refractivity contribution in [3.05, 3.63) is 35.4 Å². The third-order valence-corrected chi connectivity index (χ3v) is 2.81. The van der Waals surface area contributed by atoms with Gasteiger partial charge in [-0.15, -0.1) is 5.06 Å². The Labute approximate surface area is 109 Å². The van der Waals surface area contributed by atoms with Crippen molar-refractivity contribution in [2.45, 2.75) is 6.92 Å². The molecular weight excluding hydrogens is 250 g/mol. The van der Waals surface area contributed by atoms with Gasteiger partial charge in [-0.3, -0.25) is 19.2 Å². The second-order valence-electron chi connectivity index (χ2n) is 4.17.